The third kappa shape index (κ3) is 4.68. The van der Waals surface area contributed by atoms with Gasteiger partial charge in [0.1, 0.15) is 22.0 Å². The van der Waals surface area contributed by atoms with Crippen molar-refractivity contribution in [2.45, 2.75) is 14.1 Å². The summed E-state index contributed by atoms with van der Waals surface area (Å²) < 4.78 is 7.95. The van der Waals surface area contributed by atoms with Crippen LogP contribution in [0.3, 0.4) is 0 Å². The second-order valence-electron chi connectivity index (χ2n) is 10.6. The van der Waals surface area contributed by atoms with Gasteiger partial charge in [0.15, 0.2) is 10.1 Å². The summed E-state index contributed by atoms with van der Waals surface area (Å²) in [7, 11) is 0. The Morgan fingerprint density at radius 2 is 1.40 bits per heavy atom. The molecule has 1 saturated carbocycles. The van der Waals surface area contributed by atoms with E-state index in [0.717, 1.165) is 24.3 Å². The number of nitro groups is 1. The molecular formula is C29H15Cl6N3O9. The number of furan rings is 1. The summed E-state index contributed by atoms with van der Waals surface area (Å²) in [6.07, 6.45) is 1.29. The van der Waals surface area contributed by atoms with Gasteiger partial charge in [0.25, 0.3) is 23.4 Å². The molecule has 2 aromatic carbocycles. The van der Waals surface area contributed by atoms with E-state index in [0.29, 0.717) is 10.0 Å². The van der Waals surface area contributed by atoms with E-state index in [9.17, 15) is 34.1 Å². The highest BCUT2D eigenvalue weighted by Gasteiger charge is 2.88. The number of Topliss-reactive ketones (excluding diaryl/α,β-unsaturated/α-hetero) is 1. The van der Waals surface area contributed by atoms with Gasteiger partial charge < -0.3 is 9.15 Å². The lowest BCUT2D eigenvalue weighted by atomic mass is 9.84. The Morgan fingerprint density at radius 3 is 1.89 bits per heavy atom. The zero-order chi connectivity index (χ0) is 34.2. The average Bonchev–Trinajstić information content (AvgIpc) is 3.73. The first kappa shape index (κ1) is 33.3. The highest BCUT2D eigenvalue weighted by Crippen LogP contribution is 2.77. The number of carbonyl (C=O) groups is 5. The molecular weight excluding hydrogens is 747 g/mol. The molecule has 0 unspecified atom stereocenters. The molecule has 1 saturated heterocycles. The molecule has 2 bridgehead atoms. The van der Waals surface area contributed by atoms with Crippen molar-refractivity contribution in [3.05, 3.63) is 104 Å². The predicted molar refractivity (Wildman–Crippen MR) is 168 cm³/mol. The fourth-order valence-corrected chi connectivity index (χ4v) is 8.74. The number of alkyl halides is 4. The van der Waals surface area contributed by atoms with Gasteiger partial charge in [0.05, 0.1) is 33.1 Å². The molecule has 47 heavy (non-hydrogen) atoms. The molecule has 6 rings (SSSR count). The number of hydrogen-bond acceptors (Lipinski definition) is 9. The van der Waals surface area contributed by atoms with Gasteiger partial charge in [0.2, 0.25) is 5.76 Å². The number of benzene rings is 2. The zero-order valence-electron chi connectivity index (χ0n) is 23.0. The Morgan fingerprint density at radius 1 is 0.872 bits per heavy atom. The van der Waals surface area contributed by atoms with Crippen LogP contribution in [0.25, 0.3) is 0 Å². The molecule has 18 heteroatoms. The van der Waals surface area contributed by atoms with E-state index in [2.05, 4.69) is 0 Å². The van der Waals surface area contributed by atoms with E-state index >= 15 is 0 Å². The van der Waals surface area contributed by atoms with Crippen LogP contribution in [-0.2, 0) is 9.59 Å². The number of ether oxygens (including phenoxy) is 1. The summed E-state index contributed by atoms with van der Waals surface area (Å²) in [5.74, 6) is -8.05. The number of esters is 1. The van der Waals surface area contributed by atoms with E-state index in [1.54, 1.807) is 0 Å². The van der Waals surface area contributed by atoms with Gasteiger partial charge in [-0.3, -0.25) is 29.3 Å². The molecule has 12 nitrogen and oxygen atoms in total. The van der Waals surface area contributed by atoms with Gasteiger partial charge >= 0.3 is 5.97 Å². The largest absolute Gasteiger partial charge is 0.457 e. The Bertz CT molecular complexity index is 1870. The fourth-order valence-electron chi connectivity index (χ4n) is 5.81. The van der Waals surface area contributed by atoms with Crippen LogP contribution in [0.15, 0.2) is 81.4 Å². The summed E-state index contributed by atoms with van der Waals surface area (Å²) in [5.41, 5.74) is -0.580. The van der Waals surface area contributed by atoms with Gasteiger partial charge in [-0.25, -0.2) is 9.80 Å². The second-order valence-corrected chi connectivity index (χ2v) is 13.8. The maximum absolute atomic E-state index is 14.0. The number of imide groups is 1. The molecule has 0 radical (unpaired) electrons. The van der Waals surface area contributed by atoms with Gasteiger partial charge in [-0.05, 0) is 48.5 Å². The van der Waals surface area contributed by atoms with Crippen LogP contribution >= 0.6 is 69.6 Å². The van der Waals surface area contributed by atoms with Crippen LogP contribution in [0.4, 0.5) is 5.69 Å². The molecule has 1 aliphatic heterocycles. The smallest absolute Gasteiger partial charge is 0.379 e. The molecule has 2 aliphatic carbocycles. The SMILES string of the molecule is O=C(CN(C(=O)c1ccc([N+](=O)[O-])cc1)N1C(=O)[C@H]2[C@H](C1=O)[C@@]1(Cl)C(Cl)=C(Cl)[C@@]2(Cl)C1(Cl)Cl)c1ccc(OC(=O)c2ccco2)cc1. The highest BCUT2D eigenvalue weighted by molar-refractivity contribution is 6.66. The summed E-state index contributed by atoms with van der Waals surface area (Å²) in [6, 6.07) is 12.3. The van der Waals surface area contributed by atoms with E-state index in [-0.39, 0.29) is 38.4 Å². The average molecular weight is 762 g/mol. The van der Waals surface area contributed by atoms with Crippen molar-refractivity contribution in [3.8, 4) is 5.75 Å². The highest BCUT2D eigenvalue weighted by atomic mass is 35.5. The van der Waals surface area contributed by atoms with E-state index < -0.39 is 66.9 Å². The predicted octanol–water partition coefficient (Wildman–Crippen LogP) is 6.09. The topological polar surface area (TPSA) is 157 Å². The number of ketones is 1. The number of carbonyl (C=O) groups excluding carboxylic acids is 5. The quantitative estimate of drug-likeness (QED) is 0.0504. The summed E-state index contributed by atoms with van der Waals surface area (Å²) in [5, 5.41) is 11.4. The van der Waals surface area contributed by atoms with Crippen molar-refractivity contribution in [2.75, 3.05) is 6.54 Å². The molecule has 3 amide bonds. The molecule has 4 atom stereocenters. The number of nitro benzene ring substituents is 1. The number of nitrogens with zero attached hydrogens (tertiary/aromatic N) is 3. The monoisotopic (exact) mass is 759 g/mol. The molecule has 0 N–H and O–H groups in total. The lowest BCUT2D eigenvalue weighted by Crippen LogP contribution is -2.56. The number of hydrogen-bond donors (Lipinski definition) is 0. The zero-order valence-corrected chi connectivity index (χ0v) is 27.5. The molecule has 2 fully saturated rings. The Kier molecular flexibility index (Phi) is 8.14. The van der Waals surface area contributed by atoms with Gasteiger partial charge in [0, 0.05) is 23.3 Å². The number of allylic oxidation sites excluding steroid dienone is 2. The van der Waals surface area contributed by atoms with Gasteiger partial charge in [-0.15, -0.1) is 23.2 Å². The number of amides is 3. The number of fused-ring (bicyclic) bond motifs is 5. The van der Waals surface area contributed by atoms with Crippen LogP contribution in [-0.4, -0.2) is 65.0 Å². The van der Waals surface area contributed by atoms with Crippen molar-refractivity contribution >= 4 is 105 Å². The first-order valence-electron chi connectivity index (χ1n) is 13.2. The normalized spacial score (nSPS) is 25.6. The lowest BCUT2D eigenvalue weighted by molar-refractivity contribution is -0.384. The van der Waals surface area contributed by atoms with Crippen molar-refractivity contribution in [1.82, 2.24) is 10.0 Å². The minimum absolute atomic E-state index is 0.0143. The molecule has 0 spiro atoms. The Hall–Kier alpha value is -3.65. The maximum atomic E-state index is 14.0. The third-order valence-electron chi connectivity index (χ3n) is 8.09. The van der Waals surface area contributed by atoms with Crippen molar-refractivity contribution in [3.63, 3.8) is 0 Å². The van der Waals surface area contributed by atoms with Crippen LogP contribution < -0.4 is 4.74 Å². The Balaban J connectivity index is 1.34. The van der Waals surface area contributed by atoms with Crippen molar-refractivity contribution < 1.29 is 38.1 Å². The summed E-state index contributed by atoms with van der Waals surface area (Å²) in [4.78, 5) is 73.8. The summed E-state index contributed by atoms with van der Waals surface area (Å²) in [6.45, 7) is -0.898. The van der Waals surface area contributed by atoms with Crippen LogP contribution in [0.1, 0.15) is 31.3 Å². The lowest BCUT2D eigenvalue weighted by Gasteiger charge is -2.36. The van der Waals surface area contributed by atoms with Crippen LogP contribution in [0.5, 0.6) is 5.75 Å². The second kappa shape index (κ2) is 11.5. The maximum Gasteiger partial charge on any atom is 0.379 e. The van der Waals surface area contributed by atoms with E-state index in [1.807, 2.05) is 0 Å². The van der Waals surface area contributed by atoms with Crippen molar-refractivity contribution in [2.24, 2.45) is 11.8 Å². The molecule has 2 heterocycles. The number of halogens is 6. The van der Waals surface area contributed by atoms with Gasteiger partial charge in [-0.2, -0.15) is 5.01 Å². The van der Waals surface area contributed by atoms with Crippen molar-refractivity contribution in [1.29, 1.82) is 0 Å². The minimum Gasteiger partial charge on any atom is -0.457 e. The first-order chi connectivity index (χ1) is 22.1. The molecule has 242 valence electrons. The number of rotatable bonds is 8. The standard InChI is InChI=1S/C29H15Cl6N3O9/c30-21-22(31)28(33)20-19(27(21,32)29(28,34)35)24(41)37(25(20)42)36(23(40)14-3-7-15(8-4-14)38(44)45)12-17(39)13-5-9-16(10-6-13)47-26(43)18-2-1-11-46-18/h1-11,19-20H,12H2/t19-,20-,27-,28-/m1/s1. The number of hydrazine groups is 1. The third-order valence-corrected chi connectivity index (χ3v) is 12.3. The number of non-ortho nitro benzene ring substituents is 1. The van der Waals surface area contributed by atoms with E-state index in [4.69, 9.17) is 78.8 Å². The van der Waals surface area contributed by atoms with Gasteiger partial charge in [-0.1, -0.05) is 46.4 Å². The van der Waals surface area contributed by atoms with E-state index in [1.165, 1.54) is 42.7 Å². The fraction of sp³-hybridized carbons (Fsp3) is 0.207. The molecule has 3 aliphatic rings. The minimum atomic E-state index is -2.24. The molecule has 1 aromatic heterocycles. The molecule has 3 aromatic rings. The Labute approximate surface area is 293 Å². The van der Waals surface area contributed by atoms with Crippen LogP contribution in [0, 0.1) is 22.0 Å². The first-order valence-corrected chi connectivity index (χ1v) is 15.5. The summed E-state index contributed by atoms with van der Waals surface area (Å²) >= 11 is 39.4. The van der Waals surface area contributed by atoms with Crippen LogP contribution in [0.2, 0.25) is 0 Å².